The third kappa shape index (κ3) is 2.89. The van der Waals surface area contributed by atoms with E-state index >= 15 is 0 Å². The van der Waals surface area contributed by atoms with Crippen LogP contribution in [0.25, 0.3) is 5.70 Å². The molecule has 6 heteroatoms. The Morgan fingerprint density at radius 1 is 1.08 bits per heavy atom. The van der Waals surface area contributed by atoms with Crippen molar-refractivity contribution in [3.63, 3.8) is 0 Å². The van der Waals surface area contributed by atoms with E-state index in [0.717, 1.165) is 22.6 Å². The van der Waals surface area contributed by atoms with Gasteiger partial charge in [-0.2, -0.15) is 10.3 Å². The van der Waals surface area contributed by atoms with Gasteiger partial charge in [0.25, 0.3) is 0 Å². The summed E-state index contributed by atoms with van der Waals surface area (Å²) in [5, 5.41) is 3.86. The largest absolute Gasteiger partial charge is 0.497 e. The number of carbonyl (C=O) groups is 1. The maximum Gasteiger partial charge on any atom is 0.371 e. The SMILES string of the molecule is COc1cccc(C2=CN=C3[N]C(=O)N=C3N2Cc2ccccc2)c1. The molecule has 0 unspecified atom stereocenters. The summed E-state index contributed by atoms with van der Waals surface area (Å²) >= 11 is 0. The molecule has 2 amide bonds. The lowest BCUT2D eigenvalue weighted by molar-refractivity contribution is 0.253. The molecule has 0 aromatic heterocycles. The fraction of sp³-hybridized carbons (Fsp3) is 0.105. The molecule has 2 aromatic rings. The standard InChI is InChI=1S/C19H15N4O2/c1-25-15-9-5-8-14(10-15)16-11-20-17-18(22-19(24)21-17)23(16)12-13-6-3-2-4-7-13/h2-11H,12H2,1H3. The van der Waals surface area contributed by atoms with Gasteiger partial charge >= 0.3 is 6.03 Å². The number of nitrogens with zero attached hydrogens (tertiary/aromatic N) is 4. The van der Waals surface area contributed by atoms with Crippen molar-refractivity contribution >= 4 is 23.4 Å². The van der Waals surface area contributed by atoms with Gasteiger partial charge < -0.3 is 9.64 Å². The Bertz CT molecular complexity index is 916. The molecule has 0 N–H and O–H groups in total. The van der Waals surface area contributed by atoms with E-state index < -0.39 is 6.03 Å². The lowest BCUT2D eigenvalue weighted by Crippen LogP contribution is -2.37. The van der Waals surface area contributed by atoms with Crippen LogP contribution in [0.15, 0.2) is 70.8 Å². The van der Waals surface area contributed by atoms with Crippen LogP contribution in [-0.2, 0) is 6.54 Å². The topological polar surface area (TPSA) is 68.4 Å². The highest BCUT2D eigenvalue weighted by atomic mass is 16.5. The first-order chi connectivity index (χ1) is 12.2. The third-order valence-electron chi connectivity index (χ3n) is 4.01. The number of fused-ring (bicyclic) bond motifs is 1. The predicted molar refractivity (Wildman–Crippen MR) is 95.4 cm³/mol. The molecule has 0 spiro atoms. The number of amides is 2. The van der Waals surface area contributed by atoms with Gasteiger partial charge in [0.2, 0.25) is 5.84 Å². The quantitative estimate of drug-likeness (QED) is 0.865. The van der Waals surface area contributed by atoms with Crippen LogP contribution in [0.5, 0.6) is 5.75 Å². The molecule has 123 valence electrons. The molecule has 0 saturated carbocycles. The van der Waals surface area contributed by atoms with Gasteiger partial charge in [-0.15, -0.1) is 0 Å². The van der Waals surface area contributed by atoms with Gasteiger partial charge in [-0.3, -0.25) is 0 Å². The fourth-order valence-corrected chi connectivity index (χ4v) is 2.82. The van der Waals surface area contributed by atoms with E-state index in [4.69, 9.17) is 4.74 Å². The molecule has 25 heavy (non-hydrogen) atoms. The summed E-state index contributed by atoms with van der Waals surface area (Å²) in [5.74, 6) is 1.59. The maximum absolute atomic E-state index is 11.6. The minimum absolute atomic E-state index is 0.354. The van der Waals surface area contributed by atoms with E-state index in [1.54, 1.807) is 13.3 Å². The number of hydrogen-bond donors (Lipinski definition) is 0. The van der Waals surface area contributed by atoms with E-state index in [-0.39, 0.29) is 0 Å². The smallest absolute Gasteiger partial charge is 0.371 e. The molecule has 1 radical (unpaired) electrons. The Morgan fingerprint density at radius 2 is 1.92 bits per heavy atom. The fourth-order valence-electron chi connectivity index (χ4n) is 2.82. The molecular formula is C19H15N4O2. The van der Waals surface area contributed by atoms with Crippen LogP contribution >= 0.6 is 0 Å². The van der Waals surface area contributed by atoms with Gasteiger partial charge in [-0.1, -0.05) is 42.5 Å². The normalized spacial score (nSPS) is 15.8. The average Bonchev–Trinajstić information content (AvgIpc) is 3.04. The van der Waals surface area contributed by atoms with Crippen LogP contribution in [0, 0.1) is 0 Å². The Morgan fingerprint density at radius 3 is 2.72 bits per heavy atom. The second kappa shape index (κ2) is 6.24. The lowest BCUT2D eigenvalue weighted by Gasteiger charge is -2.29. The van der Waals surface area contributed by atoms with Gasteiger partial charge in [0, 0.05) is 12.1 Å². The van der Waals surface area contributed by atoms with Gasteiger partial charge in [-0.25, -0.2) is 9.79 Å². The molecule has 0 fully saturated rings. The minimum atomic E-state index is -0.521. The number of rotatable bonds is 4. The van der Waals surface area contributed by atoms with Crippen molar-refractivity contribution in [2.24, 2.45) is 9.98 Å². The number of carbonyl (C=O) groups excluding carboxylic acids is 1. The molecule has 6 nitrogen and oxygen atoms in total. The van der Waals surface area contributed by atoms with Crippen molar-refractivity contribution in [3.05, 3.63) is 71.9 Å². The number of amidine groups is 2. The number of methoxy groups -OCH3 is 1. The molecule has 0 aliphatic carbocycles. The first-order valence-electron chi connectivity index (χ1n) is 7.83. The summed E-state index contributed by atoms with van der Waals surface area (Å²) in [6.07, 6.45) is 1.72. The Balaban J connectivity index is 1.77. The summed E-state index contributed by atoms with van der Waals surface area (Å²) in [6, 6.07) is 17.2. The second-order valence-electron chi connectivity index (χ2n) is 5.60. The Hall–Kier alpha value is -3.41. The van der Waals surface area contributed by atoms with Gasteiger partial charge in [-0.05, 0) is 17.7 Å². The maximum atomic E-state index is 11.6. The zero-order valence-electron chi connectivity index (χ0n) is 13.6. The van der Waals surface area contributed by atoms with Crippen molar-refractivity contribution in [1.29, 1.82) is 0 Å². The van der Waals surface area contributed by atoms with E-state index in [9.17, 15) is 4.79 Å². The van der Waals surface area contributed by atoms with Crippen molar-refractivity contribution < 1.29 is 9.53 Å². The summed E-state index contributed by atoms with van der Waals surface area (Å²) in [4.78, 5) is 21.9. The highest BCUT2D eigenvalue weighted by Crippen LogP contribution is 2.29. The molecule has 0 atom stereocenters. The van der Waals surface area contributed by atoms with Crippen LogP contribution in [0.4, 0.5) is 4.79 Å². The first kappa shape index (κ1) is 15.1. The molecule has 2 heterocycles. The van der Waals surface area contributed by atoms with Gasteiger partial charge in [0.15, 0.2) is 5.84 Å². The first-order valence-corrected chi connectivity index (χ1v) is 7.83. The summed E-state index contributed by atoms with van der Waals surface area (Å²) in [7, 11) is 1.63. The zero-order chi connectivity index (χ0) is 17.2. The third-order valence-corrected chi connectivity index (χ3v) is 4.01. The molecule has 2 aliphatic rings. The van der Waals surface area contributed by atoms with Crippen molar-refractivity contribution in [2.75, 3.05) is 7.11 Å². The molecule has 2 aromatic carbocycles. The molecular weight excluding hydrogens is 316 g/mol. The van der Waals surface area contributed by atoms with E-state index in [1.807, 2.05) is 59.5 Å². The average molecular weight is 331 g/mol. The van der Waals surface area contributed by atoms with Crippen LogP contribution in [-0.4, -0.2) is 29.7 Å². The van der Waals surface area contributed by atoms with Crippen molar-refractivity contribution in [2.45, 2.75) is 6.54 Å². The Labute approximate surface area is 145 Å². The number of benzene rings is 2. The van der Waals surface area contributed by atoms with Crippen LogP contribution in [0.3, 0.4) is 0 Å². The monoisotopic (exact) mass is 331 g/mol. The molecule has 0 bridgehead atoms. The van der Waals surface area contributed by atoms with Gasteiger partial charge in [0.05, 0.1) is 19.0 Å². The van der Waals surface area contributed by atoms with Crippen molar-refractivity contribution in [1.82, 2.24) is 10.2 Å². The number of aliphatic imine (C=N–C) groups is 2. The van der Waals surface area contributed by atoms with E-state index in [1.165, 1.54) is 0 Å². The zero-order valence-corrected chi connectivity index (χ0v) is 13.6. The summed E-state index contributed by atoms with van der Waals surface area (Å²) < 4.78 is 5.32. The minimum Gasteiger partial charge on any atom is -0.497 e. The second-order valence-corrected chi connectivity index (χ2v) is 5.60. The summed E-state index contributed by atoms with van der Waals surface area (Å²) in [6.45, 7) is 0.560. The molecule has 0 saturated heterocycles. The van der Waals surface area contributed by atoms with Crippen LogP contribution in [0.1, 0.15) is 11.1 Å². The summed E-state index contributed by atoms with van der Waals surface area (Å²) in [5.41, 5.74) is 2.87. The molecule has 4 rings (SSSR count). The van der Waals surface area contributed by atoms with Crippen LogP contribution in [0.2, 0.25) is 0 Å². The van der Waals surface area contributed by atoms with Gasteiger partial charge in [0.1, 0.15) is 5.75 Å². The number of hydrogen-bond acceptors (Lipinski definition) is 4. The predicted octanol–water partition coefficient (Wildman–Crippen LogP) is 3.04. The number of urea groups is 1. The van der Waals surface area contributed by atoms with E-state index in [0.29, 0.717) is 18.2 Å². The van der Waals surface area contributed by atoms with E-state index in [2.05, 4.69) is 15.3 Å². The van der Waals surface area contributed by atoms with Crippen LogP contribution < -0.4 is 10.1 Å². The lowest BCUT2D eigenvalue weighted by atomic mass is 10.1. The highest BCUT2D eigenvalue weighted by Gasteiger charge is 2.33. The highest BCUT2D eigenvalue weighted by molar-refractivity contribution is 6.49. The van der Waals surface area contributed by atoms with Crippen molar-refractivity contribution in [3.8, 4) is 5.75 Å². The number of ether oxygens (including phenoxy) is 1. The Kier molecular flexibility index (Phi) is 3.78. The molecule has 2 aliphatic heterocycles.